The highest BCUT2D eigenvalue weighted by molar-refractivity contribution is 7.90. The number of carbonyl (C=O) groups excluding carboxylic acids is 1. The summed E-state index contributed by atoms with van der Waals surface area (Å²) in [5.74, 6) is 0.299. The smallest absolute Gasteiger partial charge is 0.284 e. The van der Waals surface area contributed by atoms with Gasteiger partial charge in [0.05, 0.1) is 15.6 Å². The Balaban J connectivity index is 1.83. The van der Waals surface area contributed by atoms with E-state index in [4.69, 9.17) is 0 Å². The molecule has 0 saturated carbocycles. The third-order valence-corrected chi connectivity index (χ3v) is 7.40. The lowest BCUT2D eigenvalue weighted by atomic mass is 10.2. The molecule has 1 fully saturated rings. The number of nitrogens with one attached hydrogen (secondary N) is 1. The number of thiazole rings is 1. The molecular weight excluding hydrogens is 408 g/mol. The molecule has 29 heavy (non-hydrogen) atoms. The SMILES string of the molecule is CCc1nc(C)c(C(=O)Nc2cccc(S(=O)(=O)/N=C3/CCCCCN3C)c2)s1. The van der Waals surface area contributed by atoms with Crippen molar-refractivity contribution in [2.45, 2.75) is 50.8 Å². The highest BCUT2D eigenvalue weighted by Gasteiger charge is 2.20. The van der Waals surface area contributed by atoms with E-state index in [2.05, 4.69) is 14.7 Å². The van der Waals surface area contributed by atoms with Crippen LogP contribution in [0.25, 0.3) is 0 Å². The Bertz CT molecular complexity index is 1030. The van der Waals surface area contributed by atoms with Gasteiger partial charge in [0, 0.05) is 25.7 Å². The van der Waals surface area contributed by atoms with Crippen molar-refractivity contribution in [1.29, 1.82) is 0 Å². The van der Waals surface area contributed by atoms with Gasteiger partial charge in [-0.15, -0.1) is 15.7 Å². The molecule has 0 atom stereocenters. The molecule has 9 heteroatoms. The quantitative estimate of drug-likeness (QED) is 0.771. The van der Waals surface area contributed by atoms with Gasteiger partial charge in [0.15, 0.2) is 0 Å². The summed E-state index contributed by atoms with van der Waals surface area (Å²) in [6.07, 6.45) is 4.45. The molecule has 2 aromatic rings. The maximum Gasteiger partial charge on any atom is 0.284 e. The molecule has 3 rings (SSSR count). The highest BCUT2D eigenvalue weighted by atomic mass is 32.2. The largest absolute Gasteiger partial charge is 0.362 e. The summed E-state index contributed by atoms with van der Waals surface area (Å²) in [7, 11) is -1.98. The van der Waals surface area contributed by atoms with E-state index in [1.54, 1.807) is 19.1 Å². The molecule has 7 nitrogen and oxygen atoms in total. The Morgan fingerprint density at radius 1 is 1.31 bits per heavy atom. The lowest BCUT2D eigenvalue weighted by Gasteiger charge is -2.17. The third kappa shape index (κ3) is 5.22. The predicted molar refractivity (Wildman–Crippen MR) is 116 cm³/mol. The number of hydrogen-bond donors (Lipinski definition) is 1. The number of benzene rings is 1. The van der Waals surface area contributed by atoms with Crippen LogP contribution in [0.4, 0.5) is 5.69 Å². The van der Waals surface area contributed by atoms with Crippen LogP contribution >= 0.6 is 11.3 Å². The van der Waals surface area contributed by atoms with E-state index >= 15 is 0 Å². The number of carbonyl (C=O) groups is 1. The highest BCUT2D eigenvalue weighted by Crippen LogP contribution is 2.23. The van der Waals surface area contributed by atoms with E-state index in [1.165, 1.54) is 23.5 Å². The van der Waals surface area contributed by atoms with Crippen molar-refractivity contribution >= 4 is 38.8 Å². The number of amidine groups is 1. The van der Waals surface area contributed by atoms with Crippen LogP contribution in [0, 0.1) is 6.92 Å². The summed E-state index contributed by atoms with van der Waals surface area (Å²) < 4.78 is 29.7. The summed E-state index contributed by atoms with van der Waals surface area (Å²) in [5, 5.41) is 3.68. The van der Waals surface area contributed by atoms with Gasteiger partial charge in [-0.3, -0.25) is 4.79 Å². The first kappa shape index (κ1) is 21.4. The molecular formula is C20H26N4O3S2. The van der Waals surface area contributed by atoms with Crippen molar-refractivity contribution in [3.63, 3.8) is 0 Å². The number of amides is 1. The van der Waals surface area contributed by atoms with Crippen LogP contribution in [0.1, 0.15) is 53.0 Å². The van der Waals surface area contributed by atoms with Gasteiger partial charge in [0.25, 0.3) is 15.9 Å². The average Bonchev–Trinajstić information content (AvgIpc) is 2.96. The lowest BCUT2D eigenvalue weighted by Crippen LogP contribution is -2.26. The first-order valence-electron chi connectivity index (χ1n) is 9.73. The normalized spacial score (nSPS) is 16.7. The Morgan fingerprint density at radius 3 is 2.83 bits per heavy atom. The number of likely N-dealkylation sites (tertiary alicyclic amines) is 1. The molecule has 1 aliphatic rings. The molecule has 1 aromatic carbocycles. The molecule has 0 unspecified atom stereocenters. The molecule has 2 heterocycles. The number of aryl methyl sites for hydroxylation is 2. The minimum Gasteiger partial charge on any atom is -0.362 e. The van der Waals surface area contributed by atoms with Gasteiger partial charge < -0.3 is 10.2 Å². The van der Waals surface area contributed by atoms with Gasteiger partial charge in [-0.05, 0) is 44.4 Å². The number of rotatable bonds is 5. The molecule has 0 aliphatic carbocycles. The maximum absolute atomic E-state index is 12.8. The zero-order chi connectivity index (χ0) is 21.0. The van der Waals surface area contributed by atoms with Crippen molar-refractivity contribution in [3.05, 3.63) is 39.8 Å². The van der Waals surface area contributed by atoms with Gasteiger partial charge in [0.2, 0.25) is 0 Å². The topological polar surface area (TPSA) is 91.7 Å². The molecule has 1 amide bonds. The first-order chi connectivity index (χ1) is 13.8. The van der Waals surface area contributed by atoms with Crippen LogP contribution in [-0.4, -0.2) is 43.6 Å². The van der Waals surface area contributed by atoms with Gasteiger partial charge in [-0.25, -0.2) is 4.98 Å². The van der Waals surface area contributed by atoms with Crippen molar-refractivity contribution in [2.75, 3.05) is 18.9 Å². The summed E-state index contributed by atoms with van der Waals surface area (Å²) in [6, 6.07) is 6.22. The van der Waals surface area contributed by atoms with Crippen LogP contribution in [0.5, 0.6) is 0 Å². The molecule has 1 aromatic heterocycles. The lowest BCUT2D eigenvalue weighted by molar-refractivity contribution is 0.102. The van der Waals surface area contributed by atoms with Gasteiger partial charge in [-0.2, -0.15) is 8.42 Å². The fraction of sp³-hybridized carbons (Fsp3) is 0.450. The molecule has 0 spiro atoms. The number of nitrogens with zero attached hydrogens (tertiary/aromatic N) is 3. The molecule has 156 valence electrons. The van der Waals surface area contributed by atoms with E-state index in [0.29, 0.717) is 28.5 Å². The second kappa shape index (κ2) is 9.04. The fourth-order valence-corrected chi connectivity index (χ4v) is 5.21. The fourth-order valence-electron chi connectivity index (χ4n) is 3.17. The van der Waals surface area contributed by atoms with Crippen LogP contribution < -0.4 is 5.32 Å². The van der Waals surface area contributed by atoms with Gasteiger partial charge >= 0.3 is 0 Å². The molecule has 0 bridgehead atoms. The third-order valence-electron chi connectivity index (χ3n) is 4.80. The van der Waals surface area contributed by atoms with Crippen LogP contribution in [-0.2, 0) is 16.4 Å². The molecule has 1 saturated heterocycles. The summed E-state index contributed by atoms with van der Waals surface area (Å²) in [5.41, 5.74) is 1.09. The molecule has 0 radical (unpaired) electrons. The number of aromatic nitrogens is 1. The van der Waals surface area contributed by atoms with E-state index < -0.39 is 10.0 Å². The summed E-state index contributed by atoms with van der Waals surface area (Å²) in [4.78, 5) is 19.5. The number of anilines is 1. The Hall–Kier alpha value is -2.26. The Morgan fingerprint density at radius 2 is 2.10 bits per heavy atom. The number of hydrogen-bond acceptors (Lipinski definition) is 5. The second-order valence-corrected chi connectivity index (χ2v) is 9.76. The van der Waals surface area contributed by atoms with E-state index in [9.17, 15) is 13.2 Å². The van der Waals surface area contributed by atoms with E-state index in [1.807, 2.05) is 18.9 Å². The van der Waals surface area contributed by atoms with Crippen molar-refractivity contribution < 1.29 is 13.2 Å². The van der Waals surface area contributed by atoms with Crippen LogP contribution in [0.3, 0.4) is 0 Å². The standard InChI is InChI=1S/C20H26N4O3S2/c1-4-18-21-14(2)19(28-18)20(25)22-15-9-8-10-16(13-15)29(26,27)23-17-11-6-5-7-12-24(17)3/h8-10,13H,4-7,11-12H2,1-3H3,(H,22,25)/b23-17-. The minimum absolute atomic E-state index is 0.0655. The summed E-state index contributed by atoms with van der Waals surface area (Å²) >= 11 is 1.35. The monoisotopic (exact) mass is 434 g/mol. The van der Waals surface area contributed by atoms with Crippen LogP contribution in [0.2, 0.25) is 0 Å². The average molecular weight is 435 g/mol. The van der Waals surface area contributed by atoms with Gasteiger partial charge in [-0.1, -0.05) is 19.4 Å². The Kier molecular flexibility index (Phi) is 6.69. The van der Waals surface area contributed by atoms with Crippen molar-refractivity contribution in [1.82, 2.24) is 9.88 Å². The minimum atomic E-state index is -3.85. The first-order valence-corrected chi connectivity index (χ1v) is 12.0. The van der Waals surface area contributed by atoms with Crippen molar-refractivity contribution in [3.8, 4) is 0 Å². The maximum atomic E-state index is 12.8. The Labute approximate surface area is 175 Å². The van der Waals surface area contributed by atoms with Crippen LogP contribution in [0.15, 0.2) is 33.6 Å². The molecule has 1 aliphatic heterocycles. The van der Waals surface area contributed by atoms with Gasteiger partial charge in [0.1, 0.15) is 10.7 Å². The zero-order valence-electron chi connectivity index (χ0n) is 16.9. The van der Waals surface area contributed by atoms with E-state index in [-0.39, 0.29) is 10.8 Å². The van der Waals surface area contributed by atoms with Crippen molar-refractivity contribution in [2.24, 2.45) is 4.40 Å². The second-order valence-electron chi connectivity index (χ2n) is 7.07. The number of sulfonamides is 1. The summed E-state index contributed by atoms with van der Waals surface area (Å²) in [6.45, 7) is 4.59. The van der Waals surface area contributed by atoms with E-state index in [0.717, 1.165) is 37.2 Å². The zero-order valence-corrected chi connectivity index (χ0v) is 18.6. The molecule has 1 N–H and O–H groups in total. The predicted octanol–water partition coefficient (Wildman–Crippen LogP) is 3.86.